The lowest BCUT2D eigenvalue weighted by Crippen LogP contribution is -2.59. The minimum atomic E-state index is -3.47. The van der Waals surface area contributed by atoms with E-state index in [9.17, 15) is 17.6 Å². The summed E-state index contributed by atoms with van der Waals surface area (Å²) >= 11 is 0. The van der Waals surface area contributed by atoms with Gasteiger partial charge < -0.3 is 10.6 Å². The van der Waals surface area contributed by atoms with Crippen LogP contribution < -0.4 is 15.4 Å². The van der Waals surface area contributed by atoms with Gasteiger partial charge in [0, 0.05) is 37.2 Å². The predicted octanol–water partition coefficient (Wildman–Crippen LogP) is 3.22. The van der Waals surface area contributed by atoms with Gasteiger partial charge in [0.25, 0.3) is 0 Å². The fourth-order valence-corrected chi connectivity index (χ4v) is 5.88. The molecule has 0 saturated carbocycles. The molecule has 3 N–H and O–H groups in total. The molecule has 1 saturated heterocycles. The van der Waals surface area contributed by atoms with Gasteiger partial charge in [0.15, 0.2) is 0 Å². The number of amides is 1. The van der Waals surface area contributed by atoms with E-state index in [4.69, 9.17) is 0 Å². The van der Waals surface area contributed by atoms with E-state index in [2.05, 4.69) is 15.4 Å². The number of hydrogen-bond donors (Lipinski definition) is 3. The molecule has 2 aliphatic heterocycles. The summed E-state index contributed by atoms with van der Waals surface area (Å²) in [4.78, 5) is 15.3. The number of carbonyl (C=O) groups excluding carboxylic acids is 1. The van der Waals surface area contributed by atoms with Crippen molar-refractivity contribution in [3.8, 4) is 0 Å². The van der Waals surface area contributed by atoms with Crippen molar-refractivity contribution in [1.82, 2.24) is 9.62 Å². The molecule has 0 aromatic heterocycles. The summed E-state index contributed by atoms with van der Waals surface area (Å²) in [5, 5.41) is 6.06. The van der Waals surface area contributed by atoms with E-state index in [-0.39, 0.29) is 17.6 Å². The third-order valence-corrected chi connectivity index (χ3v) is 8.28. The number of carbonyl (C=O) groups is 1. The van der Waals surface area contributed by atoms with E-state index in [1.54, 1.807) is 13.8 Å². The van der Waals surface area contributed by atoms with Crippen molar-refractivity contribution in [3.05, 3.63) is 59.4 Å². The Morgan fingerprint density at radius 2 is 1.94 bits per heavy atom. The molecule has 0 bridgehead atoms. The second kappa shape index (κ2) is 9.04. The van der Waals surface area contributed by atoms with E-state index in [1.165, 1.54) is 12.1 Å². The zero-order valence-corrected chi connectivity index (χ0v) is 20.0. The Bertz CT molecular complexity index is 1140. The predicted molar refractivity (Wildman–Crippen MR) is 128 cm³/mol. The van der Waals surface area contributed by atoms with Gasteiger partial charge in [0.1, 0.15) is 11.4 Å². The standard InChI is InChI=1S/C24H31FN4O3S/c1-4-26-20-14-17(25)13-19-22(20)27-23(30)24(19,3)29-12-11-18(16-9-7-6-8-10-16)21(15-29)28-33(31,32)5-2/h6-10,13-14,18,21,26,28H,4-5,11-12,15H2,1-3H3,(H,27,30)/t18-,21+,24?/m1/s1. The number of nitrogens with one attached hydrogen (secondary N) is 3. The van der Waals surface area contributed by atoms with Crippen LogP contribution in [0.4, 0.5) is 15.8 Å². The molecule has 4 rings (SSSR count). The first kappa shape index (κ1) is 23.7. The monoisotopic (exact) mass is 474 g/mol. The zero-order chi connectivity index (χ0) is 23.8. The zero-order valence-electron chi connectivity index (χ0n) is 19.2. The largest absolute Gasteiger partial charge is 0.384 e. The number of anilines is 2. The minimum Gasteiger partial charge on any atom is -0.384 e. The van der Waals surface area contributed by atoms with Crippen LogP contribution in [0, 0.1) is 5.82 Å². The first-order valence-corrected chi connectivity index (χ1v) is 13.0. The van der Waals surface area contributed by atoms with Crippen LogP contribution in [0.2, 0.25) is 0 Å². The van der Waals surface area contributed by atoms with Crippen LogP contribution in [-0.2, 0) is 20.4 Å². The van der Waals surface area contributed by atoms with E-state index in [0.717, 1.165) is 5.56 Å². The number of sulfonamides is 1. The summed E-state index contributed by atoms with van der Waals surface area (Å²) in [5.74, 6) is -0.712. The minimum absolute atomic E-state index is 0.0249. The summed E-state index contributed by atoms with van der Waals surface area (Å²) in [6.45, 7) is 6.79. The molecular weight excluding hydrogens is 443 g/mol. The van der Waals surface area contributed by atoms with Crippen molar-refractivity contribution in [2.24, 2.45) is 0 Å². The van der Waals surface area contributed by atoms with Crippen LogP contribution in [-0.4, -0.2) is 50.7 Å². The van der Waals surface area contributed by atoms with Crippen molar-refractivity contribution in [1.29, 1.82) is 0 Å². The molecule has 1 fully saturated rings. The van der Waals surface area contributed by atoms with Crippen LogP contribution in [0.25, 0.3) is 0 Å². The molecule has 0 spiro atoms. The Morgan fingerprint density at radius 1 is 1.21 bits per heavy atom. The number of hydrogen-bond acceptors (Lipinski definition) is 5. The quantitative estimate of drug-likeness (QED) is 0.573. The van der Waals surface area contributed by atoms with E-state index in [1.807, 2.05) is 42.2 Å². The molecule has 0 aliphatic carbocycles. The summed E-state index contributed by atoms with van der Waals surface area (Å²) in [7, 11) is -3.47. The van der Waals surface area contributed by atoms with Gasteiger partial charge in [-0.1, -0.05) is 30.3 Å². The topological polar surface area (TPSA) is 90.5 Å². The molecule has 0 radical (unpaired) electrons. The van der Waals surface area contributed by atoms with Gasteiger partial charge in [-0.15, -0.1) is 0 Å². The Morgan fingerprint density at radius 3 is 2.61 bits per heavy atom. The van der Waals surface area contributed by atoms with Gasteiger partial charge in [-0.3, -0.25) is 9.69 Å². The smallest absolute Gasteiger partial charge is 0.249 e. The van der Waals surface area contributed by atoms with Crippen LogP contribution in [0.3, 0.4) is 0 Å². The third-order valence-electron chi connectivity index (χ3n) is 6.86. The number of likely N-dealkylation sites (tertiary alicyclic amines) is 1. The maximum atomic E-state index is 14.5. The molecule has 3 atom stereocenters. The molecule has 2 aliphatic rings. The molecular formula is C24H31FN4O3S. The molecule has 1 amide bonds. The average Bonchev–Trinajstić information content (AvgIpc) is 3.05. The molecule has 2 heterocycles. The Labute approximate surface area is 194 Å². The van der Waals surface area contributed by atoms with Gasteiger partial charge in [-0.2, -0.15) is 0 Å². The molecule has 33 heavy (non-hydrogen) atoms. The maximum absolute atomic E-state index is 14.5. The summed E-state index contributed by atoms with van der Waals surface area (Å²) in [5.41, 5.74) is 1.65. The first-order valence-electron chi connectivity index (χ1n) is 11.4. The van der Waals surface area contributed by atoms with Gasteiger partial charge in [0.05, 0.1) is 17.1 Å². The Kier molecular flexibility index (Phi) is 6.48. The van der Waals surface area contributed by atoms with E-state index in [0.29, 0.717) is 43.0 Å². The highest BCUT2D eigenvalue weighted by molar-refractivity contribution is 7.89. The Hall–Kier alpha value is -2.49. The second-order valence-electron chi connectivity index (χ2n) is 8.81. The molecule has 2 aromatic carbocycles. The van der Waals surface area contributed by atoms with Crippen LogP contribution in [0.5, 0.6) is 0 Å². The van der Waals surface area contributed by atoms with E-state index >= 15 is 0 Å². The lowest BCUT2D eigenvalue weighted by molar-refractivity contribution is -0.127. The molecule has 9 heteroatoms. The summed E-state index contributed by atoms with van der Waals surface area (Å²) < 4.78 is 42.4. The lowest BCUT2D eigenvalue weighted by Gasteiger charge is -2.45. The summed E-state index contributed by atoms with van der Waals surface area (Å²) in [6, 6.07) is 12.2. The van der Waals surface area contributed by atoms with Gasteiger partial charge in [-0.25, -0.2) is 17.5 Å². The molecule has 7 nitrogen and oxygen atoms in total. The summed E-state index contributed by atoms with van der Waals surface area (Å²) in [6.07, 6.45) is 0.661. The highest BCUT2D eigenvalue weighted by atomic mass is 32.2. The van der Waals surface area contributed by atoms with Crippen LogP contribution in [0.15, 0.2) is 42.5 Å². The first-order chi connectivity index (χ1) is 15.7. The Balaban J connectivity index is 1.71. The number of fused-ring (bicyclic) bond motifs is 1. The number of halogens is 1. The average molecular weight is 475 g/mol. The van der Waals surface area contributed by atoms with Gasteiger partial charge in [0.2, 0.25) is 15.9 Å². The van der Waals surface area contributed by atoms with Crippen molar-refractivity contribution in [2.45, 2.75) is 44.7 Å². The normalized spacial score (nSPS) is 25.5. The number of benzene rings is 2. The van der Waals surface area contributed by atoms with Crippen molar-refractivity contribution >= 4 is 27.3 Å². The second-order valence-corrected chi connectivity index (χ2v) is 10.9. The van der Waals surface area contributed by atoms with Crippen molar-refractivity contribution < 1.29 is 17.6 Å². The van der Waals surface area contributed by atoms with Gasteiger partial charge >= 0.3 is 0 Å². The van der Waals surface area contributed by atoms with Crippen molar-refractivity contribution in [3.63, 3.8) is 0 Å². The lowest BCUT2D eigenvalue weighted by atomic mass is 9.82. The molecule has 178 valence electrons. The molecule has 1 unspecified atom stereocenters. The number of piperidine rings is 1. The number of rotatable bonds is 7. The fraction of sp³-hybridized carbons (Fsp3) is 0.458. The number of nitrogens with zero attached hydrogens (tertiary/aromatic N) is 1. The fourth-order valence-electron chi connectivity index (χ4n) is 5.02. The maximum Gasteiger partial charge on any atom is 0.249 e. The highest BCUT2D eigenvalue weighted by Gasteiger charge is 2.51. The van der Waals surface area contributed by atoms with Crippen LogP contribution in [0.1, 0.15) is 44.2 Å². The van der Waals surface area contributed by atoms with Crippen LogP contribution >= 0.6 is 0 Å². The SMILES string of the molecule is CCNc1cc(F)cc2c1NC(=O)C2(C)N1CC[C@H](c2ccccc2)[C@@H](NS(=O)(=O)CC)C1. The van der Waals surface area contributed by atoms with E-state index < -0.39 is 27.4 Å². The third kappa shape index (κ3) is 4.37. The van der Waals surface area contributed by atoms with Crippen molar-refractivity contribution in [2.75, 3.05) is 36.0 Å². The van der Waals surface area contributed by atoms with Gasteiger partial charge in [-0.05, 0) is 44.9 Å². The highest BCUT2D eigenvalue weighted by Crippen LogP contribution is 2.46. The molecule has 2 aromatic rings.